The minimum atomic E-state index is -2.25. The van der Waals surface area contributed by atoms with Gasteiger partial charge >= 0.3 is 0 Å². The molecular formula is C18H18N5O3S-. The van der Waals surface area contributed by atoms with Crippen LogP contribution in [-0.2, 0) is 15.8 Å². The van der Waals surface area contributed by atoms with Crippen LogP contribution < -0.4 is 10.6 Å². The first-order valence-corrected chi connectivity index (χ1v) is 9.66. The standard InChI is InChI=1S/C18H19N5O3S/c24-27(25)14-3-1-12(2-4-14)15-9-16-17(21-6-5-20-16)18(23-15)22-11-13-10-19-7-8-26-13/h1-6,9,13,19H,7-8,10-11H2,(H,22,23)(H,24,25)/p-1. The first-order chi connectivity index (χ1) is 13.2. The summed E-state index contributed by atoms with van der Waals surface area (Å²) in [7, 11) is 0. The minimum Gasteiger partial charge on any atom is -0.768 e. The summed E-state index contributed by atoms with van der Waals surface area (Å²) >= 11 is -2.25. The highest BCUT2D eigenvalue weighted by Gasteiger charge is 2.15. The summed E-state index contributed by atoms with van der Waals surface area (Å²) in [6.07, 6.45) is 3.32. The summed E-state index contributed by atoms with van der Waals surface area (Å²) in [5.41, 5.74) is 2.89. The molecule has 8 nitrogen and oxygen atoms in total. The summed E-state index contributed by atoms with van der Waals surface area (Å²) in [6, 6.07) is 8.40. The molecule has 0 spiro atoms. The fourth-order valence-electron chi connectivity index (χ4n) is 2.94. The number of benzene rings is 1. The van der Waals surface area contributed by atoms with Crippen molar-refractivity contribution in [1.29, 1.82) is 0 Å². The third-order valence-electron chi connectivity index (χ3n) is 4.30. The van der Waals surface area contributed by atoms with Crippen LogP contribution in [-0.4, -0.2) is 56.1 Å². The van der Waals surface area contributed by atoms with E-state index in [1.54, 1.807) is 36.7 Å². The molecule has 0 aliphatic carbocycles. The van der Waals surface area contributed by atoms with Gasteiger partial charge in [-0.1, -0.05) is 12.1 Å². The molecule has 4 rings (SSSR count). The van der Waals surface area contributed by atoms with Crippen LogP contribution in [0.3, 0.4) is 0 Å². The number of aromatic nitrogens is 3. The Hall–Kier alpha value is -2.46. The first-order valence-electron chi connectivity index (χ1n) is 8.58. The number of pyridine rings is 1. The maximum absolute atomic E-state index is 11.1. The van der Waals surface area contributed by atoms with Crippen LogP contribution >= 0.6 is 0 Å². The Kier molecular flexibility index (Phi) is 5.35. The van der Waals surface area contributed by atoms with Gasteiger partial charge in [0.15, 0.2) is 5.82 Å². The van der Waals surface area contributed by atoms with Crippen LogP contribution in [0, 0.1) is 0 Å². The lowest BCUT2D eigenvalue weighted by Crippen LogP contribution is -2.42. The van der Waals surface area contributed by atoms with E-state index in [1.165, 1.54) is 0 Å². The number of anilines is 1. The molecule has 1 aromatic carbocycles. The number of rotatable bonds is 5. The smallest absolute Gasteiger partial charge is 0.154 e. The van der Waals surface area contributed by atoms with Gasteiger partial charge in [-0.15, -0.1) is 0 Å². The molecular weight excluding hydrogens is 366 g/mol. The molecule has 9 heteroatoms. The van der Waals surface area contributed by atoms with Gasteiger partial charge in [0.05, 0.1) is 23.9 Å². The van der Waals surface area contributed by atoms with E-state index in [4.69, 9.17) is 4.74 Å². The predicted molar refractivity (Wildman–Crippen MR) is 101 cm³/mol. The molecule has 0 amide bonds. The van der Waals surface area contributed by atoms with Gasteiger partial charge in [0.1, 0.15) is 5.52 Å². The molecule has 0 saturated carbocycles. The first kappa shape index (κ1) is 17.9. The molecule has 2 unspecified atom stereocenters. The van der Waals surface area contributed by atoms with Crippen molar-refractivity contribution in [2.24, 2.45) is 0 Å². The molecule has 2 atom stereocenters. The number of hydrogen-bond acceptors (Lipinski definition) is 8. The quantitative estimate of drug-likeness (QED) is 0.634. The van der Waals surface area contributed by atoms with Gasteiger partial charge in [-0.05, 0) is 29.3 Å². The van der Waals surface area contributed by atoms with Gasteiger partial charge in [0.25, 0.3) is 0 Å². The Morgan fingerprint density at radius 1 is 1.26 bits per heavy atom. The molecule has 1 aliphatic rings. The Balaban J connectivity index is 1.66. The Morgan fingerprint density at radius 3 is 2.81 bits per heavy atom. The number of fused-ring (bicyclic) bond motifs is 1. The normalized spacial score (nSPS) is 18.3. The summed E-state index contributed by atoms with van der Waals surface area (Å²) in [6.45, 7) is 2.93. The van der Waals surface area contributed by atoms with Gasteiger partial charge in [-0.3, -0.25) is 9.19 Å². The molecule has 3 aromatic rings. The zero-order valence-electron chi connectivity index (χ0n) is 14.4. The number of ether oxygens (including phenoxy) is 1. The van der Waals surface area contributed by atoms with E-state index in [9.17, 15) is 8.76 Å². The summed E-state index contributed by atoms with van der Waals surface area (Å²) < 4.78 is 27.8. The van der Waals surface area contributed by atoms with Crippen LogP contribution in [0.4, 0.5) is 5.82 Å². The summed E-state index contributed by atoms with van der Waals surface area (Å²) in [5.74, 6) is 0.626. The molecule has 1 aliphatic heterocycles. The Morgan fingerprint density at radius 2 is 2.07 bits per heavy atom. The average Bonchev–Trinajstić information content (AvgIpc) is 2.72. The summed E-state index contributed by atoms with van der Waals surface area (Å²) in [5, 5.41) is 6.62. The van der Waals surface area contributed by atoms with Gasteiger partial charge in [0, 0.05) is 42.5 Å². The van der Waals surface area contributed by atoms with Crippen molar-refractivity contribution in [3.63, 3.8) is 0 Å². The molecule has 27 heavy (non-hydrogen) atoms. The topological polar surface area (TPSA) is 112 Å². The zero-order chi connectivity index (χ0) is 18.6. The van der Waals surface area contributed by atoms with Crippen LogP contribution in [0.5, 0.6) is 0 Å². The molecule has 1 fully saturated rings. The molecule has 3 heterocycles. The second-order valence-electron chi connectivity index (χ2n) is 6.12. The van der Waals surface area contributed by atoms with E-state index in [0.29, 0.717) is 35.7 Å². The van der Waals surface area contributed by atoms with E-state index in [1.807, 2.05) is 6.07 Å². The maximum atomic E-state index is 11.1. The maximum Gasteiger partial charge on any atom is 0.154 e. The van der Waals surface area contributed by atoms with E-state index in [2.05, 4.69) is 25.6 Å². The molecule has 0 bridgehead atoms. The zero-order valence-corrected chi connectivity index (χ0v) is 15.2. The molecule has 140 valence electrons. The fourth-order valence-corrected chi connectivity index (χ4v) is 3.30. The van der Waals surface area contributed by atoms with E-state index < -0.39 is 11.1 Å². The second kappa shape index (κ2) is 8.05. The van der Waals surface area contributed by atoms with Crippen molar-refractivity contribution in [3.8, 4) is 11.3 Å². The lowest BCUT2D eigenvalue weighted by Gasteiger charge is -2.24. The lowest BCUT2D eigenvalue weighted by atomic mass is 10.1. The molecule has 1 saturated heterocycles. The van der Waals surface area contributed by atoms with Crippen LogP contribution in [0.25, 0.3) is 22.3 Å². The van der Waals surface area contributed by atoms with Crippen molar-refractivity contribution in [2.75, 3.05) is 31.6 Å². The van der Waals surface area contributed by atoms with Crippen LogP contribution in [0.1, 0.15) is 0 Å². The highest BCUT2D eigenvalue weighted by Crippen LogP contribution is 2.26. The van der Waals surface area contributed by atoms with E-state index in [-0.39, 0.29) is 11.0 Å². The van der Waals surface area contributed by atoms with Gasteiger partial charge < -0.3 is 19.9 Å². The van der Waals surface area contributed by atoms with Crippen molar-refractivity contribution in [3.05, 3.63) is 42.7 Å². The number of nitrogens with zero attached hydrogens (tertiary/aromatic N) is 3. The largest absolute Gasteiger partial charge is 0.768 e. The third-order valence-corrected chi connectivity index (χ3v) is 4.96. The molecule has 2 N–H and O–H groups in total. The fraction of sp³-hybridized carbons (Fsp3) is 0.278. The van der Waals surface area contributed by atoms with Gasteiger partial charge in [-0.25, -0.2) is 9.97 Å². The number of nitrogens with one attached hydrogen (secondary N) is 2. The lowest BCUT2D eigenvalue weighted by molar-refractivity contribution is 0.0372. The number of morpholine rings is 1. The summed E-state index contributed by atoms with van der Waals surface area (Å²) in [4.78, 5) is 13.7. The van der Waals surface area contributed by atoms with Crippen molar-refractivity contribution in [1.82, 2.24) is 20.3 Å². The Labute approximate surface area is 158 Å². The molecule has 0 radical (unpaired) electrons. The second-order valence-corrected chi connectivity index (χ2v) is 7.06. The van der Waals surface area contributed by atoms with Crippen LogP contribution in [0.15, 0.2) is 47.6 Å². The highest BCUT2D eigenvalue weighted by atomic mass is 32.2. The average molecular weight is 384 g/mol. The number of hydrogen-bond donors (Lipinski definition) is 2. The minimum absolute atomic E-state index is 0.0576. The monoisotopic (exact) mass is 384 g/mol. The molecule has 2 aromatic heterocycles. The Bertz CT molecular complexity index is 961. The van der Waals surface area contributed by atoms with Crippen molar-refractivity contribution >= 4 is 27.9 Å². The van der Waals surface area contributed by atoms with Gasteiger partial charge in [-0.2, -0.15) is 0 Å². The van der Waals surface area contributed by atoms with Gasteiger partial charge in [0.2, 0.25) is 0 Å². The van der Waals surface area contributed by atoms with E-state index >= 15 is 0 Å². The third kappa shape index (κ3) is 4.11. The SMILES string of the molecule is O=S([O-])c1ccc(-c2cc3nccnc3c(NCC3CNCCO3)n2)cc1. The van der Waals surface area contributed by atoms with Crippen LogP contribution in [0.2, 0.25) is 0 Å². The predicted octanol–water partition coefficient (Wildman–Crippen LogP) is 1.33. The van der Waals surface area contributed by atoms with Crippen molar-refractivity contribution < 1.29 is 13.5 Å². The highest BCUT2D eigenvalue weighted by molar-refractivity contribution is 7.79. The van der Waals surface area contributed by atoms with E-state index in [0.717, 1.165) is 18.7 Å². The van der Waals surface area contributed by atoms with Crippen molar-refractivity contribution in [2.45, 2.75) is 11.0 Å².